The standard InChI is InChI=1S/C25H25Cl2FN2O3/c1-16(13-18-5-9-20(28)10-6-18)29(2)15-23-21(26)14-22(27)24(31)30(23)12-11-17-3-7-19(8-4-17)25(32)33/h3-10,14,16H,11-13,15H2,1-2H3,(H,32,33). The largest absolute Gasteiger partial charge is 0.478 e. The van der Waals surface area contributed by atoms with Crippen LogP contribution in [0.4, 0.5) is 4.39 Å². The fourth-order valence-corrected chi connectivity index (χ4v) is 4.14. The van der Waals surface area contributed by atoms with Crippen molar-refractivity contribution in [3.05, 3.63) is 103 Å². The van der Waals surface area contributed by atoms with Gasteiger partial charge in [0.25, 0.3) is 5.56 Å². The maximum Gasteiger partial charge on any atom is 0.335 e. The van der Waals surface area contributed by atoms with E-state index in [4.69, 9.17) is 28.3 Å². The molecule has 0 aliphatic carbocycles. The normalized spacial score (nSPS) is 12.2. The molecule has 174 valence electrons. The van der Waals surface area contributed by atoms with E-state index in [-0.39, 0.29) is 28.0 Å². The number of aromatic carboxylic acids is 1. The molecule has 1 aromatic heterocycles. The van der Waals surface area contributed by atoms with Gasteiger partial charge in [-0.25, -0.2) is 9.18 Å². The Kier molecular flexibility index (Phi) is 8.30. The van der Waals surface area contributed by atoms with E-state index >= 15 is 0 Å². The number of carboxylic acid groups (broad SMARTS) is 1. The summed E-state index contributed by atoms with van der Waals surface area (Å²) in [6.45, 7) is 2.83. The van der Waals surface area contributed by atoms with E-state index in [2.05, 4.69) is 11.8 Å². The Morgan fingerprint density at radius 3 is 2.27 bits per heavy atom. The van der Waals surface area contributed by atoms with Gasteiger partial charge in [0.2, 0.25) is 0 Å². The van der Waals surface area contributed by atoms with Gasteiger partial charge in [-0.1, -0.05) is 47.5 Å². The number of aryl methyl sites for hydroxylation is 1. The molecule has 0 bridgehead atoms. The third kappa shape index (κ3) is 6.44. The van der Waals surface area contributed by atoms with Gasteiger partial charge in [-0.3, -0.25) is 9.69 Å². The number of halogens is 3. The quantitative estimate of drug-likeness (QED) is 0.442. The summed E-state index contributed by atoms with van der Waals surface area (Å²) in [5, 5.41) is 9.51. The summed E-state index contributed by atoms with van der Waals surface area (Å²) < 4.78 is 14.8. The molecule has 3 rings (SSSR count). The summed E-state index contributed by atoms with van der Waals surface area (Å²) in [6, 6.07) is 14.5. The number of carbonyl (C=O) groups is 1. The van der Waals surface area contributed by atoms with Crippen LogP contribution in [0.15, 0.2) is 59.4 Å². The number of rotatable bonds is 9. The number of likely N-dealkylation sites (N-methyl/N-ethyl adjacent to an activating group) is 1. The monoisotopic (exact) mass is 490 g/mol. The number of hydrogen-bond acceptors (Lipinski definition) is 3. The molecule has 5 nitrogen and oxygen atoms in total. The maximum absolute atomic E-state index is 13.2. The van der Waals surface area contributed by atoms with Gasteiger partial charge in [-0.05, 0) is 68.3 Å². The van der Waals surface area contributed by atoms with Crippen LogP contribution in [0, 0.1) is 5.82 Å². The first-order chi connectivity index (χ1) is 15.7. The SMILES string of the molecule is CC(Cc1ccc(F)cc1)N(C)Cc1c(Cl)cc(Cl)c(=O)n1CCc1ccc(C(=O)O)cc1. The summed E-state index contributed by atoms with van der Waals surface area (Å²) in [5.41, 5.74) is 2.45. The molecule has 1 atom stereocenters. The molecular formula is C25H25Cl2FN2O3. The Morgan fingerprint density at radius 2 is 1.67 bits per heavy atom. The lowest BCUT2D eigenvalue weighted by atomic mass is 10.1. The summed E-state index contributed by atoms with van der Waals surface area (Å²) in [6.07, 6.45) is 1.22. The Balaban J connectivity index is 1.78. The van der Waals surface area contributed by atoms with E-state index in [9.17, 15) is 14.0 Å². The lowest BCUT2D eigenvalue weighted by Crippen LogP contribution is -2.34. The molecule has 3 aromatic rings. The molecule has 0 spiro atoms. The maximum atomic E-state index is 13.2. The number of benzene rings is 2. The lowest BCUT2D eigenvalue weighted by Gasteiger charge is -2.27. The third-order valence-corrected chi connectivity index (χ3v) is 6.32. The minimum absolute atomic E-state index is 0.0481. The number of carboxylic acids is 1. The molecule has 8 heteroatoms. The van der Waals surface area contributed by atoms with E-state index < -0.39 is 5.97 Å². The Morgan fingerprint density at radius 1 is 1.06 bits per heavy atom. The zero-order valence-electron chi connectivity index (χ0n) is 18.4. The average Bonchev–Trinajstić information content (AvgIpc) is 2.78. The molecule has 0 saturated heterocycles. The van der Waals surface area contributed by atoms with Crippen LogP contribution in [0.1, 0.15) is 34.1 Å². The van der Waals surface area contributed by atoms with Crippen molar-refractivity contribution < 1.29 is 14.3 Å². The van der Waals surface area contributed by atoms with E-state index in [0.717, 1.165) is 11.1 Å². The van der Waals surface area contributed by atoms with Crippen LogP contribution in [-0.2, 0) is 25.9 Å². The highest BCUT2D eigenvalue weighted by atomic mass is 35.5. The van der Waals surface area contributed by atoms with Crippen molar-refractivity contribution in [3.8, 4) is 0 Å². The number of hydrogen-bond donors (Lipinski definition) is 1. The number of pyridine rings is 1. The van der Waals surface area contributed by atoms with E-state index in [0.29, 0.717) is 36.6 Å². The van der Waals surface area contributed by atoms with Crippen LogP contribution in [0.2, 0.25) is 10.0 Å². The molecular weight excluding hydrogens is 466 g/mol. The topological polar surface area (TPSA) is 62.5 Å². The summed E-state index contributed by atoms with van der Waals surface area (Å²) >= 11 is 12.6. The van der Waals surface area contributed by atoms with Crippen LogP contribution in [0.5, 0.6) is 0 Å². The molecule has 0 saturated carbocycles. The van der Waals surface area contributed by atoms with Crippen LogP contribution in [0.3, 0.4) is 0 Å². The predicted octanol–water partition coefficient (Wildman–Crippen LogP) is 5.30. The minimum Gasteiger partial charge on any atom is -0.478 e. The van der Waals surface area contributed by atoms with Crippen molar-refractivity contribution in [1.82, 2.24) is 9.47 Å². The van der Waals surface area contributed by atoms with Crippen LogP contribution >= 0.6 is 23.2 Å². The fraction of sp³-hybridized carbons (Fsp3) is 0.280. The van der Waals surface area contributed by atoms with Crippen molar-refractivity contribution in [1.29, 1.82) is 0 Å². The molecule has 0 radical (unpaired) electrons. The number of nitrogens with zero attached hydrogens (tertiary/aromatic N) is 2. The summed E-state index contributed by atoms with van der Waals surface area (Å²) in [5.74, 6) is -1.26. The van der Waals surface area contributed by atoms with Gasteiger partial charge in [0.1, 0.15) is 10.8 Å². The molecule has 1 unspecified atom stereocenters. The minimum atomic E-state index is -0.987. The molecule has 2 aromatic carbocycles. The lowest BCUT2D eigenvalue weighted by molar-refractivity contribution is 0.0697. The van der Waals surface area contributed by atoms with E-state index in [1.165, 1.54) is 30.3 Å². The highest BCUT2D eigenvalue weighted by Crippen LogP contribution is 2.21. The van der Waals surface area contributed by atoms with Crippen molar-refractivity contribution in [2.75, 3.05) is 7.05 Å². The second kappa shape index (κ2) is 11.0. The molecule has 0 fully saturated rings. The third-order valence-electron chi connectivity index (χ3n) is 5.73. The highest BCUT2D eigenvalue weighted by molar-refractivity contribution is 6.34. The first-order valence-corrected chi connectivity index (χ1v) is 11.3. The van der Waals surface area contributed by atoms with Crippen LogP contribution < -0.4 is 5.56 Å². The van der Waals surface area contributed by atoms with Gasteiger partial charge in [0, 0.05) is 19.1 Å². The van der Waals surface area contributed by atoms with Gasteiger partial charge < -0.3 is 9.67 Å². The van der Waals surface area contributed by atoms with Gasteiger partial charge in [-0.15, -0.1) is 0 Å². The summed E-state index contributed by atoms with van der Waals surface area (Å²) in [7, 11) is 1.94. The van der Waals surface area contributed by atoms with Crippen molar-refractivity contribution >= 4 is 29.2 Å². The van der Waals surface area contributed by atoms with Crippen LogP contribution in [-0.4, -0.2) is 33.6 Å². The molecule has 0 aliphatic rings. The Hall–Kier alpha value is -2.67. The molecule has 0 amide bonds. The molecule has 33 heavy (non-hydrogen) atoms. The molecule has 0 aliphatic heterocycles. The Bertz CT molecular complexity index is 1180. The Labute approximate surface area is 202 Å². The first-order valence-electron chi connectivity index (χ1n) is 10.5. The number of aromatic nitrogens is 1. The van der Waals surface area contributed by atoms with E-state index in [1.807, 2.05) is 7.05 Å². The zero-order valence-corrected chi connectivity index (χ0v) is 19.9. The second-order valence-corrected chi connectivity index (χ2v) is 8.90. The fourth-order valence-electron chi connectivity index (χ4n) is 3.60. The van der Waals surface area contributed by atoms with Crippen molar-refractivity contribution in [2.45, 2.75) is 38.9 Å². The second-order valence-electron chi connectivity index (χ2n) is 8.09. The van der Waals surface area contributed by atoms with Gasteiger partial charge in [0.15, 0.2) is 0 Å². The van der Waals surface area contributed by atoms with Crippen LogP contribution in [0.25, 0.3) is 0 Å². The van der Waals surface area contributed by atoms with E-state index in [1.54, 1.807) is 28.8 Å². The zero-order chi connectivity index (χ0) is 24.1. The van der Waals surface area contributed by atoms with Gasteiger partial charge in [0.05, 0.1) is 16.3 Å². The molecule has 1 heterocycles. The van der Waals surface area contributed by atoms with Gasteiger partial charge >= 0.3 is 5.97 Å². The summed E-state index contributed by atoms with van der Waals surface area (Å²) in [4.78, 5) is 25.9. The molecule has 1 N–H and O–H groups in total. The smallest absolute Gasteiger partial charge is 0.335 e. The average molecular weight is 491 g/mol. The van der Waals surface area contributed by atoms with Crippen molar-refractivity contribution in [2.24, 2.45) is 0 Å². The first kappa shape index (κ1) is 25.0. The highest BCUT2D eigenvalue weighted by Gasteiger charge is 2.18. The predicted molar refractivity (Wildman–Crippen MR) is 129 cm³/mol. The van der Waals surface area contributed by atoms with Gasteiger partial charge in [-0.2, -0.15) is 0 Å². The van der Waals surface area contributed by atoms with Crippen molar-refractivity contribution in [3.63, 3.8) is 0 Å².